The summed E-state index contributed by atoms with van der Waals surface area (Å²) in [6, 6.07) is 11.0. The Kier molecular flexibility index (Phi) is 6.46. The molecule has 2 fully saturated rings. The van der Waals surface area contributed by atoms with Crippen LogP contribution in [0.25, 0.3) is 10.8 Å². The van der Waals surface area contributed by atoms with E-state index < -0.39 is 23.8 Å². The zero-order valence-electron chi connectivity index (χ0n) is 17.9. The van der Waals surface area contributed by atoms with Gasteiger partial charge in [-0.15, -0.1) is 0 Å². The van der Waals surface area contributed by atoms with Crippen molar-refractivity contribution in [2.45, 2.75) is 12.2 Å². The highest BCUT2D eigenvalue weighted by atomic mass is 19.4. The second-order valence-electron chi connectivity index (χ2n) is 8.16. The summed E-state index contributed by atoms with van der Waals surface area (Å²) in [5, 5.41) is 14.9. The summed E-state index contributed by atoms with van der Waals surface area (Å²) < 4.78 is 58.8. The molecule has 2 aromatic carbocycles. The number of benzene rings is 2. The van der Waals surface area contributed by atoms with Crippen molar-refractivity contribution in [2.75, 3.05) is 23.3 Å². The van der Waals surface area contributed by atoms with E-state index in [0.717, 1.165) is 22.5 Å². The first-order chi connectivity index (χ1) is 16.5. The number of amides is 2. The van der Waals surface area contributed by atoms with E-state index in [1.165, 1.54) is 12.1 Å². The van der Waals surface area contributed by atoms with Crippen LogP contribution in [0.4, 0.5) is 38.1 Å². The molecule has 12 heteroatoms. The van der Waals surface area contributed by atoms with Gasteiger partial charge >= 0.3 is 18.2 Å². The minimum atomic E-state index is -5.08. The maximum Gasteiger partial charge on any atom is 0.490 e. The number of fused-ring (bicyclic) bond motifs is 2. The van der Waals surface area contributed by atoms with E-state index in [2.05, 4.69) is 15.6 Å². The number of hydrogen-bond donors (Lipinski definition) is 3. The predicted octanol–water partition coefficient (Wildman–Crippen LogP) is 4.40. The van der Waals surface area contributed by atoms with Gasteiger partial charge in [-0.1, -0.05) is 12.1 Å². The number of halogens is 5. The number of carboxylic acid groups (broad SMARTS) is 1. The number of aliphatic carboxylic acids is 1. The lowest BCUT2D eigenvalue weighted by Gasteiger charge is -2.23. The summed E-state index contributed by atoms with van der Waals surface area (Å²) in [6.07, 6.45) is -1.63. The molecule has 3 N–H and O–H groups in total. The molecule has 0 spiro atoms. The van der Waals surface area contributed by atoms with Crippen molar-refractivity contribution in [2.24, 2.45) is 11.8 Å². The summed E-state index contributed by atoms with van der Waals surface area (Å²) in [7, 11) is 0. The Morgan fingerprint density at radius 1 is 1.06 bits per heavy atom. The summed E-state index contributed by atoms with van der Waals surface area (Å²) in [5.74, 6) is -3.31. The number of piperidine rings is 1. The van der Waals surface area contributed by atoms with Gasteiger partial charge in [-0.3, -0.25) is 4.98 Å². The minimum absolute atomic E-state index is 0.0800. The molecule has 5 rings (SSSR count). The van der Waals surface area contributed by atoms with Crippen LogP contribution in [0, 0.1) is 23.5 Å². The first-order valence-corrected chi connectivity index (χ1v) is 10.4. The number of alkyl halides is 3. The quantitative estimate of drug-likeness (QED) is 0.470. The predicted molar refractivity (Wildman–Crippen MR) is 117 cm³/mol. The van der Waals surface area contributed by atoms with E-state index >= 15 is 0 Å². The highest BCUT2D eigenvalue weighted by Gasteiger charge is 2.56. The topological polar surface area (TPSA) is 94.6 Å². The van der Waals surface area contributed by atoms with Gasteiger partial charge in [0.1, 0.15) is 11.6 Å². The highest BCUT2D eigenvalue weighted by molar-refractivity contribution is 6.01. The zero-order valence-corrected chi connectivity index (χ0v) is 17.9. The fourth-order valence-corrected chi connectivity index (χ4v) is 4.22. The molecule has 184 valence electrons. The van der Waals surface area contributed by atoms with Gasteiger partial charge in [0, 0.05) is 60.2 Å². The van der Waals surface area contributed by atoms with Crippen LogP contribution >= 0.6 is 0 Å². The van der Waals surface area contributed by atoms with Crippen LogP contribution in [0.3, 0.4) is 0 Å². The van der Waals surface area contributed by atoms with Crippen LogP contribution in [-0.2, 0) is 4.79 Å². The molecule has 1 aliphatic heterocycles. The van der Waals surface area contributed by atoms with Crippen LogP contribution in [0.2, 0.25) is 0 Å². The average Bonchev–Trinajstić information content (AvgIpc) is 3.22. The molecule has 2 atom stereocenters. The third kappa shape index (κ3) is 5.42. The minimum Gasteiger partial charge on any atom is -0.475 e. The Morgan fingerprint density at radius 2 is 1.74 bits per heavy atom. The fraction of sp³-hybridized carbons (Fsp3) is 0.261. The number of aromatic nitrogens is 1. The molecule has 2 amide bonds. The van der Waals surface area contributed by atoms with Gasteiger partial charge in [-0.2, -0.15) is 13.2 Å². The molecular weight excluding hydrogens is 475 g/mol. The fourth-order valence-electron chi connectivity index (χ4n) is 4.22. The maximum absolute atomic E-state index is 14.0. The molecule has 1 aliphatic carbocycles. The van der Waals surface area contributed by atoms with Crippen molar-refractivity contribution >= 4 is 34.1 Å². The third-order valence-corrected chi connectivity index (χ3v) is 5.91. The maximum atomic E-state index is 14.0. The number of hydrogen-bond acceptors (Lipinski definition) is 4. The Balaban J connectivity index is 0.000000364. The number of urea groups is 1. The number of nitrogens with zero attached hydrogens (tertiary/aromatic N) is 2. The molecule has 0 bridgehead atoms. The SMILES string of the molecule is O=C(Nc1cccc2cnccc12)NC1C2CN(c3ccc(F)cc3F)CC21.O=C(O)C(F)(F)F. The van der Waals surface area contributed by atoms with Crippen molar-refractivity contribution in [3.8, 4) is 0 Å². The van der Waals surface area contributed by atoms with Crippen molar-refractivity contribution in [3.05, 3.63) is 66.5 Å². The monoisotopic (exact) mass is 494 g/mol. The van der Waals surface area contributed by atoms with E-state index in [1.54, 1.807) is 12.4 Å². The van der Waals surface area contributed by atoms with E-state index in [4.69, 9.17) is 9.90 Å². The first kappa shape index (κ1) is 24.2. The van der Waals surface area contributed by atoms with Gasteiger partial charge < -0.3 is 20.6 Å². The largest absolute Gasteiger partial charge is 0.490 e. The number of carbonyl (C=O) groups excluding carboxylic acids is 1. The smallest absolute Gasteiger partial charge is 0.475 e. The number of carboxylic acids is 1. The summed E-state index contributed by atoms with van der Waals surface area (Å²) in [6.45, 7) is 1.30. The van der Waals surface area contributed by atoms with Gasteiger partial charge in [0.05, 0.1) is 11.4 Å². The number of carbonyl (C=O) groups is 2. The van der Waals surface area contributed by atoms with Crippen molar-refractivity contribution in [3.63, 3.8) is 0 Å². The normalized spacial score (nSPS) is 20.5. The molecule has 1 saturated heterocycles. The summed E-state index contributed by atoms with van der Waals surface area (Å²) >= 11 is 0. The number of nitrogens with one attached hydrogen (secondary N) is 2. The molecule has 2 aliphatic rings. The second-order valence-corrected chi connectivity index (χ2v) is 8.16. The Morgan fingerprint density at radius 3 is 2.37 bits per heavy atom. The Labute approximate surface area is 195 Å². The molecule has 1 saturated carbocycles. The standard InChI is InChI=1S/C21H18F2N4O.C2HF3O2/c22-13-4-5-19(17(23)8-13)27-10-15-16(11-27)20(15)26-21(28)25-18-3-1-2-12-9-24-7-6-14(12)18;3-2(4,5)1(6)7/h1-9,15-16,20H,10-11H2,(H2,25,26,28);(H,6,7). The molecular formula is C23H19F5N4O3. The summed E-state index contributed by atoms with van der Waals surface area (Å²) in [5.41, 5.74) is 1.15. The second kappa shape index (κ2) is 9.35. The summed E-state index contributed by atoms with van der Waals surface area (Å²) in [4.78, 5) is 27.3. The van der Waals surface area contributed by atoms with E-state index in [1.807, 2.05) is 29.2 Å². The lowest BCUT2D eigenvalue weighted by Crippen LogP contribution is -2.37. The van der Waals surface area contributed by atoms with E-state index in [9.17, 15) is 26.7 Å². The first-order valence-electron chi connectivity index (χ1n) is 10.4. The van der Waals surface area contributed by atoms with Crippen LogP contribution in [-0.4, -0.2) is 47.4 Å². The average molecular weight is 494 g/mol. The lowest BCUT2D eigenvalue weighted by molar-refractivity contribution is -0.192. The number of pyridine rings is 1. The molecule has 35 heavy (non-hydrogen) atoms. The Bertz CT molecular complexity index is 1250. The zero-order chi connectivity index (χ0) is 25.3. The molecule has 0 radical (unpaired) electrons. The number of rotatable bonds is 3. The molecule has 2 heterocycles. The number of anilines is 2. The van der Waals surface area contributed by atoms with Gasteiger partial charge in [0.2, 0.25) is 0 Å². The van der Waals surface area contributed by atoms with Crippen molar-refractivity contribution in [1.29, 1.82) is 0 Å². The van der Waals surface area contributed by atoms with Crippen molar-refractivity contribution in [1.82, 2.24) is 10.3 Å². The third-order valence-electron chi connectivity index (χ3n) is 5.91. The van der Waals surface area contributed by atoms with Gasteiger partial charge in [-0.05, 0) is 24.3 Å². The molecule has 2 unspecified atom stereocenters. The van der Waals surface area contributed by atoms with Crippen LogP contribution < -0.4 is 15.5 Å². The van der Waals surface area contributed by atoms with Gasteiger partial charge in [-0.25, -0.2) is 18.4 Å². The molecule has 3 aromatic rings. The highest BCUT2D eigenvalue weighted by Crippen LogP contribution is 2.47. The molecule has 7 nitrogen and oxygen atoms in total. The van der Waals surface area contributed by atoms with Crippen LogP contribution in [0.1, 0.15) is 0 Å². The van der Waals surface area contributed by atoms with E-state index in [-0.39, 0.29) is 23.9 Å². The van der Waals surface area contributed by atoms with Crippen LogP contribution in [0.15, 0.2) is 54.9 Å². The van der Waals surface area contributed by atoms with Gasteiger partial charge in [0.25, 0.3) is 0 Å². The lowest BCUT2D eigenvalue weighted by atomic mass is 10.1. The van der Waals surface area contributed by atoms with Crippen molar-refractivity contribution < 1.29 is 36.6 Å². The Hall–Kier alpha value is -3.96. The molecule has 1 aromatic heterocycles. The van der Waals surface area contributed by atoms with Gasteiger partial charge in [0.15, 0.2) is 0 Å². The van der Waals surface area contributed by atoms with Crippen LogP contribution in [0.5, 0.6) is 0 Å². The van der Waals surface area contributed by atoms with E-state index in [0.29, 0.717) is 18.8 Å².